The van der Waals surface area contributed by atoms with Gasteiger partial charge in [-0.3, -0.25) is 4.79 Å². The molecule has 1 aliphatic carbocycles. The summed E-state index contributed by atoms with van der Waals surface area (Å²) in [5.74, 6) is 2.76. The van der Waals surface area contributed by atoms with Crippen LogP contribution in [0.4, 0.5) is 0 Å². The Balaban J connectivity index is 1.58. The molecule has 3 rings (SSSR count). The topological polar surface area (TPSA) is 55.1 Å². The first kappa shape index (κ1) is 15.2. The third kappa shape index (κ3) is 3.91. The molecule has 0 spiro atoms. The van der Waals surface area contributed by atoms with Gasteiger partial charge >= 0.3 is 0 Å². The SMILES string of the molecule is Cc1cccc(-c2nc(CSCC(=O)NC3CC3)c(C)o2)c1. The van der Waals surface area contributed by atoms with Crippen LogP contribution in [0.5, 0.6) is 0 Å². The number of amides is 1. The van der Waals surface area contributed by atoms with Gasteiger partial charge in [0, 0.05) is 17.4 Å². The van der Waals surface area contributed by atoms with Crippen molar-refractivity contribution in [2.45, 2.75) is 38.5 Å². The van der Waals surface area contributed by atoms with Crippen molar-refractivity contribution in [3.63, 3.8) is 0 Å². The van der Waals surface area contributed by atoms with Gasteiger partial charge in [0.05, 0.1) is 11.4 Å². The van der Waals surface area contributed by atoms with Crippen LogP contribution in [0.2, 0.25) is 0 Å². The van der Waals surface area contributed by atoms with Gasteiger partial charge in [-0.05, 0) is 38.8 Å². The van der Waals surface area contributed by atoms with Gasteiger partial charge in [0.15, 0.2) is 0 Å². The quantitative estimate of drug-likeness (QED) is 0.886. The third-order valence-electron chi connectivity index (χ3n) is 3.57. The molecule has 1 heterocycles. The number of hydrogen-bond donors (Lipinski definition) is 1. The Bertz CT molecular complexity index is 677. The van der Waals surface area contributed by atoms with Crippen molar-refractivity contribution in [1.82, 2.24) is 10.3 Å². The van der Waals surface area contributed by atoms with Crippen molar-refractivity contribution >= 4 is 17.7 Å². The number of nitrogens with zero attached hydrogens (tertiary/aromatic N) is 1. The predicted octanol–water partition coefficient (Wildman–Crippen LogP) is 3.47. The molecule has 0 radical (unpaired) electrons. The molecular weight excluding hydrogens is 296 g/mol. The van der Waals surface area contributed by atoms with Crippen molar-refractivity contribution in [1.29, 1.82) is 0 Å². The molecular formula is C17H20N2O2S. The minimum absolute atomic E-state index is 0.118. The van der Waals surface area contributed by atoms with Gasteiger partial charge in [-0.25, -0.2) is 4.98 Å². The van der Waals surface area contributed by atoms with E-state index in [1.807, 2.05) is 19.1 Å². The molecule has 1 aliphatic rings. The minimum atomic E-state index is 0.118. The summed E-state index contributed by atoms with van der Waals surface area (Å²) >= 11 is 1.58. The summed E-state index contributed by atoms with van der Waals surface area (Å²) in [4.78, 5) is 16.2. The number of aryl methyl sites for hydroxylation is 2. The van der Waals surface area contributed by atoms with E-state index in [0.717, 1.165) is 29.9 Å². The van der Waals surface area contributed by atoms with Crippen LogP contribution in [-0.4, -0.2) is 22.7 Å². The molecule has 5 heteroatoms. The second-order valence-electron chi connectivity index (χ2n) is 5.73. The Morgan fingerprint density at radius 1 is 1.41 bits per heavy atom. The van der Waals surface area contributed by atoms with E-state index in [1.165, 1.54) is 5.56 Å². The second-order valence-corrected chi connectivity index (χ2v) is 6.71. The molecule has 4 nitrogen and oxygen atoms in total. The average molecular weight is 316 g/mol. The van der Waals surface area contributed by atoms with Crippen molar-refractivity contribution in [3.05, 3.63) is 41.3 Å². The normalized spacial score (nSPS) is 14.1. The molecule has 1 aromatic heterocycles. The summed E-state index contributed by atoms with van der Waals surface area (Å²) < 4.78 is 5.76. The van der Waals surface area contributed by atoms with Gasteiger partial charge in [-0.15, -0.1) is 11.8 Å². The van der Waals surface area contributed by atoms with Gasteiger partial charge in [0.25, 0.3) is 0 Å². The highest BCUT2D eigenvalue weighted by Crippen LogP contribution is 2.25. The van der Waals surface area contributed by atoms with Crippen molar-refractivity contribution in [2.75, 3.05) is 5.75 Å². The average Bonchev–Trinajstić information content (AvgIpc) is 3.21. The molecule has 0 unspecified atom stereocenters. The number of carbonyl (C=O) groups excluding carboxylic acids is 1. The Morgan fingerprint density at radius 2 is 2.23 bits per heavy atom. The first-order valence-corrected chi connectivity index (χ1v) is 8.68. The third-order valence-corrected chi connectivity index (χ3v) is 4.52. The van der Waals surface area contributed by atoms with Gasteiger partial charge in [-0.1, -0.05) is 17.7 Å². The summed E-state index contributed by atoms with van der Waals surface area (Å²) in [5.41, 5.74) is 3.09. The predicted molar refractivity (Wildman–Crippen MR) is 88.7 cm³/mol. The number of thioether (sulfide) groups is 1. The Kier molecular flexibility index (Phi) is 4.52. The van der Waals surface area contributed by atoms with Crippen LogP contribution in [0.25, 0.3) is 11.5 Å². The molecule has 0 atom stereocenters. The van der Waals surface area contributed by atoms with E-state index in [-0.39, 0.29) is 5.91 Å². The van der Waals surface area contributed by atoms with Crippen LogP contribution >= 0.6 is 11.8 Å². The van der Waals surface area contributed by atoms with Crippen molar-refractivity contribution < 1.29 is 9.21 Å². The highest BCUT2D eigenvalue weighted by molar-refractivity contribution is 7.99. The number of carbonyl (C=O) groups is 1. The van der Waals surface area contributed by atoms with Crippen LogP contribution in [-0.2, 0) is 10.5 Å². The molecule has 1 fully saturated rings. The molecule has 1 saturated carbocycles. The second kappa shape index (κ2) is 6.57. The number of aromatic nitrogens is 1. The van der Waals surface area contributed by atoms with Crippen LogP contribution in [0.1, 0.15) is 29.9 Å². The van der Waals surface area contributed by atoms with E-state index in [2.05, 4.69) is 29.4 Å². The first-order chi connectivity index (χ1) is 10.6. The van der Waals surface area contributed by atoms with Crippen molar-refractivity contribution in [2.24, 2.45) is 0 Å². The fraction of sp³-hybridized carbons (Fsp3) is 0.412. The standard InChI is InChI=1S/C17H20N2O2S/c1-11-4-3-5-13(8-11)17-19-15(12(2)21-17)9-22-10-16(20)18-14-6-7-14/h3-5,8,14H,6-7,9-10H2,1-2H3,(H,18,20). The van der Waals surface area contributed by atoms with Gasteiger partial charge in [0.1, 0.15) is 5.76 Å². The van der Waals surface area contributed by atoms with Crippen LogP contribution in [0, 0.1) is 13.8 Å². The molecule has 1 N–H and O–H groups in total. The summed E-state index contributed by atoms with van der Waals surface area (Å²) in [6.45, 7) is 3.97. The molecule has 2 aromatic rings. The van der Waals surface area contributed by atoms with E-state index < -0.39 is 0 Å². The van der Waals surface area contributed by atoms with E-state index >= 15 is 0 Å². The zero-order valence-corrected chi connectivity index (χ0v) is 13.7. The molecule has 0 aliphatic heterocycles. The Labute approximate surface area is 134 Å². The lowest BCUT2D eigenvalue weighted by molar-refractivity contribution is -0.118. The highest BCUT2D eigenvalue weighted by Gasteiger charge is 2.23. The molecule has 0 saturated heterocycles. The number of benzene rings is 1. The Morgan fingerprint density at radius 3 is 2.95 bits per heavy atom. The monoisotopic (exact) mass is 316 g/mol. The lowest BCUT2D eigenvalue weighted by Crippen LogP contribution is -2.27. The molecule has 1 aromatic carbocycles. The smallest absolute Gasteiger partial charge is 0.230 e. The fourth-order valence-electron chi connectivity index (χ4n) is 2.20. The van der Waals surface area contributed by atoms with Crippen LogP contribution < -0.4 is 5.32 Å². The summed E-state index contributed by atoms with van der Waals surface area (Å²) in [7, 11) is 0. The maximum atomic E-state index is 11.7. The number of hydrogen-bond acceptors (Lipinski definition) is 4. The summed E-state index contributed by atoms with van der Waals surface area (Å²) in [6, 6.07) is 8.54. The van der Waals surface area contributed by atoms with E-state index in [1.54, 1.807) is 11.8 Å². The lowest BCUT2D eigenvalue weighted by Gasteiger charge is -2.01. The van der Waals surface area contributed by atoms with Gasteiger partial charge in [-0.2, -0.15) is 0 Å². The summed E-state index contributed by atoms with van der Waals surface area (Å²) in [6.07, 6.45) is 2.25. The zero-order chi connectivity index (χ0) is 15.5. The van der Waals surface area contributed by atoms with Gasteiger partial charge in [0.2, 0.25) is 11.8 Å². The minimum Gasteiger partial charge on any atom is -0.441 e. The molecule has 1 amide bonds. The zero-order valence-electron chi connectivity index (χ0n) is 12.9. The molecule has 22 heavy (non-hydrogen) atoms. The van der Waals surface area contributed by atoms with E-state index in [4.69, 9.17) is 4.42 Å². The number of oxazole rings is 1. The number of rotatable bonds is 6. The van der Waals surface area contributed by atoms with Crippen LogP contribution in [0.3, 0.4) is 0 Å². The Hall–Kier alpha value is -1.75. The van der Waals surface area contributed by atoms with E-state index in [0.29, 0.717) is 23.4 Å². The fourth-order valence-corrected chi connectivity index (χ4v) is 3.03. The molecule has 0 bridgehead atoms. The highest BCUT2D eigenvalue weighted by atomic mass is 32.2. The first-order valence-electron chi connectivity index (χ1n) is 7.52. The van der Waals surface area contributed by atoms with Gasteiger partial charge < -0.3 is 9.73 Å². The number of nitrogens with one attached hydrogen (secondary N) is 1. The summed E-state index contributed by atoms with van der Waals surface area (Å²) in [5, 5.41) is 2.99. The van der Waals surface area contributed by atoms with Crippen LogP contribution in [0.15, 0.2) is 28.7 Å². The lowest BCUT2D eigenvalue weighted by atomic mass is 10.1. The maximum Gasteiger partial charge on any atom is 0.230 e. The largest absolute Gasteiger partial charge is 0.441 e. The maximum absolute atomic E-state index is 11.7. The van der Waals surface area contributed by atoms with Crippen molar-refractivity contribution in [3.8, 4) is 11.5 Å². The van der Waals surface area contributed by atoms with E-state index in [9.17, 15) is 4.79 Å². The molecule has 116 valence electrons.